The van der Waals surface area contributed by atoms with Gasteiger partial charge in [-0.25, -0.2) is 4.98 Å². The van der Waals surface area contributed by atoms with Crippen molar-refractivity contribution < 1.29 is 4.42 Å². The van der Waals surface area contributed by atoms with Crippen LogP contribution < -0.4 is 0 Å². The minimum atomic E-state index is 0.465. The minimum Gasteiger partial charge on any atom is -0.441 e. The van der Waals surface area contributed by atoms with Crippen LogP contribution in [0.25, 0.3) is 11.5 Å². The van der Waals surface area contributed by atoms with Gasteiger partial charge in [0, 0.05) is 30.1 Å². The summed E-state index contributed by atoms with van der Waals surface area (Å²) >= 11 is 1.68. The second-order valence-electron chi connectivity index (χ2n) is 8.65. The Labute approximate surface area is 142 Å². The standard InChI is InChI=1S/C19H26N2OS/c1-13-16(20-17(22-13)14-5-6-23-10-14)9-21-12-19(4)8-15(21)7-18(2,3)11-19/h5-6,10,15H,7-9,11-12H2,1-4H3/t15-,19-/m1/s1. The molecule has 0 spiro atoms. The number of likely N-dealkylation sites (tertiary alicyclic amines) is 1. The first-order valence-corrected chi connectivity index (χ1v) is 9.51. The van der Waals surface area contributed by atoms with Gasteiger partial charge >= 0.3 is 0 Å². The summed E-state index contributed by atoms with van der Waals surface area (Å²) in [5.74, 6) is 1.74. The van der Waals surface area contributed by atoms with Gasteiger partial charge in [0.2, 0.25) is 5.89 Å². The first kappa shape index (κ1) is 15.4. The van der Waals surface area contributed by atoms with Crippen molar-refractivity contribution in [2.24, 2.45) is 10.8 Å². The lowest BCUT2D eigenvalue weighted by atomic mass is 9.65. The number of hydrogen-bond donors (Lipinski definition) is 0. The number of thiophene rings is 1. The molecule has 2 bridgehead atoms. The number of rotatable bonds is 3. The molecule has 2 aromatic heterocycles. The van der Waals surface area contributed by atoms with E-state index in [-0.39, 0.29) is 0 Å². The lowest BCUT2D eigenvalue weighted by molar-refractivity contribution is 0.126. The SMILES string of the molecule is Cc1oc(-c2ccsc2)nc1CN1C[C@]2(C)C[C@H]1CC(C)(C)C2. The Kier molecular flexibility index (Phi) is 3.47. The average molecular weight is 330 g/mol. The maximum Gasteiger partial charge on any atom is 0.227 e. The van der Waals surface area contributed by atoms with Crippen molar-refractivity contribution in [2.45, 2.75) is 59.5 Å². The van der Waals surface area contributed by atoms with E-state index in [1.807, 2.05) is 6.92 Å². The summed E-state index contributed by atoms with van der Waals surface area (Å²) in [6.45, 7) is 11.5. The Morgan fingerprint density at radius 3 is 2.91 bits per heavy atom. The molecule has 4 heteroatoms. The molecule has 4 rings (SSSR count). The van der Waals surface area contributed by atoms with Crippen LogP contribution in [0, 0.1) is 17.8 Å². The summed E-state index contributed by atoms with van der Waals surface area (Å²) in [7, 11) is 0. The molecule has 1 aliphatic carbocycles. The van der Waals surface area contributed by atoms with Gasteiger partial charge in [-0.2, -0.15) is 11.3 Å². The molecule has 23 heavy (non-hydrogen) atoms. The quantitative estimate of drug-likeness (QED) is 0.783. The van der Waals surface area contributed by atoms with Gasteiger partial charge in [0.05, 0.1) is 5.69 Å². The monoisotopic (exact) mass is 330 g/mol. The lowest BCUT2D eigenvalue weighted by Gasteiger charge is -2.39. The second-order valence-corrected chi connectivity index (χ2v) is 9.43. The smallest absolute Gasteiger partial charge is 0.227 e. The molecule has 2 aromatic rings. The Balaban J connectivity index is 1.55. The second kappa shape index (κ2) is 5.18. The zero-order chi connectivity index (χ0) is 16.2. The van der Waals surface area contributed by atoms with Crippen molar-refractivity contribution in [3.63, 3.8) is 0 Å². The highest BCUT2D eigenvalue weighted by molar-refractivity contribution is 7.08. The van der Waals surface area contributed by atoms with Gasteiger partial charge in [-0.05, 0) is 48.5 Å². The van der Waals surface area contributed by atoms with Crippen LogP contribution in [0.2, 0.25) is 0 Å². The highest BCUT2D eigenvalue weighted by Gasteiger charge is 2.49. The van der Waals surface area contributed by atoms with E-state index in [1.165, 1.54) is 25.8 Å². The minimum absolute atomic E-state index is 0.465. The first-order chi connectivity index (χ1) is 10.8. The van der Waals surface area contributed by atoms with E-state index in [0.29, 0.717) is 16.9 Å². The molecule has 1 saturated heterocycles. The number of nitrogens with zero attached hydrogens (tertiary/aromatic N) is 2. The van der Waals surface area contributed by atoms with Crippen LogP contribution in [0.4, 0.5) is 0 Å². The molecular formula is C19H26N2OS. The molecule has 0 unspecified atom stereocenters. The Morgan fingerprint density at radius 1 is 1.35 bits per heavy atom. The molecule has 2 aliphatic rings. The molecule has 2 fully saturated rings. The first-order valence-electron chi connectivity index (χ1n) is 8.57. The normalized spacial score (nSPS) is 30.0. The largest absolute Gasteiger partial charge is 0.441 e. The third-order valence-electron chi connectivity index (χ3n) is 5.54. The molecule has 1 aliphatic heterocycles. The van der Waals surface area contributed by atoms with Crippen LogP contribution in [0.15, 0.2) is 21.2 Å². The van der Waals surface area contributed by atoms with Gasteiger partial charge in [-0.1, -0.05) is 20.8 Å². The van der Waals surface area contributed by atoms with E-state index >= 15 is 0 Å². The van der Waals surface area contributed by atoms with Gasteiger partial charge in [-0.3, -0.25) is 4.90 Å². The van der Waals surface area contributed by atoms with Crippen LogP contribution in [-0.2, 0) is 6.54 Å². The summed E-state index contributed by atoms with van der Waals surface area (Å²) in [4.78, 5) is 7.44. The molecule has 2 atom stereocenters. The van der Waals surface area contributed by atoms with Crippen LogP contribution >= 0.6 is 11.3 Å². The molecule has 0 amide bonds. The number of aryl methyl sites for hydroxylation is 1. The molecule has 3 nitrogen and oxygen atoms in total. The van der Waals surface area contributed by atoms with E-state index in [2.05, 4.69) is 42.5 Å². The van der Waals surface area contributed by atoms with Crippen LogP contribution in [0.3, 0.4) is 0 Å². The molecular weight excluding hydrogens is 304 g/mol. The number of oxazole rings is 1. The molecule has 124 valence electrons. The fraction of sp³-hybridized carbons (Fsp3) is 0.632. The molecule has 3 heterocycles. The maximum absolute atomic E-state index is 5.92. The highest BCUT2D eigenvalue weighted by atomic mass is 32.1. The topological polar surface area (TPSA) is 29.3 Å². The summed E-state index contributed by atoms with van der Waals surface area (Å²) < 4.78 is 5.92. The Hall–Kier alpha value is -1.13. The van der Waals surface area contributed by atoms with E-state index in [4.69, 9.17) is 9.40 Å². The summed E-state index contributed by atoms with van der Waals surface area (Å²) in [5, 5.41) is 4.17. The van der Waals surface area contributed by atoms with Crippen LogP contribution in [0.5, 0.6) is 0 Å². The fourth-order valence-corrected chi connectivity index (χ4v) is 5.67. The van der Waals surface area contributed by atoms with Gasteiger partial charge < -0.3 is 4.42 Å². The average Bonchev–Trinajstić information content (AvgIpc) is 3.09. The number of fused-ring (bicyclic) bond motifs is 2. The predicted octanol–water partition coefficient (Wildman–Crippen LogP) is 5.11. The predicted molar refractivity (Wildman–Crippen MR) is 94.5 cm³/mol. The molecule has 0 N–H and O–H groups in total. The van der Waals surface area contributed by atoms with Gasteiger partial charge in [0.25, 0.3) is 0 Å². The fourth-order valence-electron chi connectivity index (χ4n) is 5.04. The molecule has 0 radical (unpaired) electrons. The van der Waals surface area contributed by atoms with Crippen molar-refractivity contribution in [1.29, 1.82) is 0 Å². The van der Waals surface area contributed by atoms with Crippen molar-refractivity contribution in [3.05, 3.63) is 28.3 Å². The number of aromatic nitrogens is 1. The Bertz CT molecular complexity index is 703. The van der Waals surface area contributed by atoms with Gasteiger partial charge in [0.15, 0.2) is 0 Å². The summed E-state index contributed by atoms with van der Waals surface area (Å²) in [5.41, 5.74) is 3.14. The third-order valence-corrected chi connectivity index (χ3v) is 6.22. The zero-order valence-corrected chi connectivity index (χ0v) is 15.4. The van der Waals surface area contributed by atoms with Crippen LogP contribution in [0.1, 0.15) is 51.5 Å². The van der Waals surface area contributed by atoms with Crippen LogP contribution in [-0.4, -0.2) is 22.5 Å². The molecule has 1 saturated carbocycles. The summed E-state index contributed by atoms with van der Waals surface area (Å²) in [6.07, 6.45) is 3.98. The van der Waals surface area contributed by atoms with E-state index < -0.39 is 0 Å². The van der Waals surface area contributed by atoms with Gasteiger partial charge in [0.1, 0.15) is 5.76 Å². The van der Waals surface area contributed by atoms with Crippen molar-refractivity contribution in [1.82, 2.24) is 9.88 Å². The molecule has 0 aromatic carbocycles. The van der Waals surface area contributed by atoms with Crippen molar-refractivity contribution >= 4 is 11.3 Å². The Morgan fingerprint density at radius 2 is 2.17 bits per heavy atom. The lowest BCUT2D eigenvalue weighted by Crippen LogP contribution is -2.34. The highest BCUT2D eigenvalue weighted by Crippen LogP contribution is 2.52. The van der Waals surface area contributed by atoms with Crippen molar-refractivity contribution in [2.75, 3.05) is 6.54 Å². The van der Waals surface area contributed by atoms with E-state index in [1.54, 1.807) is 11.3 Å². The van der Waals surface area contributed by atoms with E-state index in [0.717, 1.165) is 29.5 Å². The summed E-state index contributed by atoms with van der Waals surface area (Å²) in [6, 6.07) is 2.77. The zero-order valence-electron chi connectivity index (χ0n) is 14.6. The van der Waals surface area contributed by atoms with Crippen molar-refractivity contribution in [3.8, 4) is 11.5 Å². The third kappa shape index (κ3) is 2.87. The van der Waals surface area contributed by atoms with Gasteiger partial charge in [-0.15, -0.1) is 0 Å². The maximum atomic E-state index is 5.92. The number of hydrogen-bond acceptors (Lipinski definition) is 4. The van der Waals surface area contributed by atoms with E-state index in [9.17, 15) is 0 Å².